The van der Waals surface area contributed by atoms with E-state index in [9.17, 15) is 29.8 Å². The predicted octanol–water partition coefficient (Wildman–Crippen LogP) is 4.62. The number of carbonyl (C=O) groups excluding carboxylic acids is 2. The van der Waals surface area contributed by atoms with E-state index in [0.29, 0.717) is 22.5 Å². The van der Waals surface area contributed by atoms with Crippen molar-refractivity contribution in [3.8, 4) is 0 Å². The van der Waals surface area contributed by atoms with Crippen LogP contribution in [0.2, 0.25) is 0 Å². The van der Waals surface area contributed by atoms with Gasteiger partial charge in [-0.05, 0) is 49.2 Å². The summed E-state index contributed by atoms with van der Waals surface area (Å²) in [6.07, 6.45) is 0. The average molecular weight is 434 g/mol. The molecule has 10 nitrogen and oxygen atoms in total. The van der Waals surface area contributed by atoms with Crippen LogP contribution in [0.15, 0.2) is 60.7 Å². The van der Waals surface area contributed by atoms with Crippen molar-refractivity contribution in [3.05, 3.63) is 103 Å². The number of non-ortho nitro benzene ring substituents is 2. The molecule has 10 heteroatoms. The number of hydrogen-bond donors (Lipinski definition) is 2. The molecule has 0 saturated heterocycles. The quantitative estimate of drug-likeness (QED) is 0.428. The summed E-state index contributed by atoms with van der Waals surface area (Å²) >= 11 is 0. The molecule has 0 aliphatic rings. The second-order valence-corrected chi connectivity index (χ2v) is 7.00. The van der Waals surface area contributed by atoms with Crippen molar-refractivity contribution < 1.29 is 19.4 Å². The van der Waals surface area contributed by atoms with E-state index in [1.807, 2.05) is 0 Å². The van der Waals surface area contributed by atoms with Gasteiger partial charge in [-0.1, -0.05) is 12.1 Å². The lowest BCUT2D eigenvalue weighted by molar-refractivity contribution is -0.385. The zero-order chi connectivity index (χ0) is 23.4. The van der Waals surface area contributed by atoms with Crippen LogP contribution in [0.4, 0.5) is 22.7 Å². The summed E-state index contributed by atoms with van der Waals surface area (Å²) < 4.78 is 0. The Bertz CT molecular complexity index is 1140. The minimum Gasteiger partial charge on any atom is -0.322 e. The van der Waals surface area contributed by atoms with Crippen LogP contribution in [0.5, 0.6) is 0 Å². The molecular formula is C22H18N4O6. The highest BCUT2D eigenvalue weighted by Gasteiger charge is 2.16. The molecule has 3 aromatic carbocycles. The molecule has 3 rings (SSSR count). The predicted molar refractivity (Wildman–Crippen MR) is 118 cm³/mol. The van der Waals surface area contributed by atoms with E-state index in [1.165, 1.54) is 36.4 Å². The smallest absolute Gasteiger partial charge is 0.270 e. The third-order valence-corrected chi connectivity index (χ3v) is 4.75. The molecule has 2 amide bonds. The molecule has 0 aliphatic carbocycles. The number of anilines is 2. The second-order valence-electron chi connectivity index (χ2n) is 7.00. The lowest BCUT2D eigenvalue weighted by Crippen LogP contribution is -2.15. The highest BCUT2D eigenvalue weighted by atomic mass is 16.6. The molecule has 0 spiro atoms. The molecule has 0 saturated carbocycles. The highest BCUT2D eigenvalue weighted by molar-refractivity contribution is 6.07. The first-order chi connectivity index (χ1) is 15.2. The van der Waals surface area contributed by atoms with Gasteiger partial charge in [0.2, 0.25) is 0 Å². The van der Waals surface area contributed by atoms with Gasteiger partial charge >= 0.3 is 0 Å². The fraction of sp³-hybridized carbons (Fsp3) is 0.0909. The van der Waals surface area contributed by atoms with Crippen molar-refractivity contribution in [3.63, 3.8) is 0 Å². The van der Waals surface area contributed by atoms with Crippen molar-refractivity contribution in [2.45, 2.75) is 13.8 Å². The van der Waals surface area contributed by atoms with Gasteiger partial charge in [0, 0.05) is 46.8 Å². The van der Waals surface area contributed by atoms with Crippen molar-refractivity contribution in [1.82, 2.24) is 0 Å². The minimum atomic E-state index is -0.573. The first-order valence-electron chi connectivity index (χ1n) is 9.38. The molecular weight excluding hydrogens is 416 g/mol. The number of hydrogen-bond acceptors (Lipinski definition) is 6. The van der Waals surface area contributed by atoms with Gasteiger partial charge < -0.3 is 10.6 Å². The topological polar surface area (TPSA) is 144 Å². The molecule has 0 fully saturated rings. The van der Waals surface area contributed by atoms with Crippen LogP contribution < -0.4 is 10.6 Å². The summed E-state index contributed by atoms with van der Waals surface area (Å²) in [4.78, 5) is 45.8. The van der Waals surface area contributed by atoms with Crippen LogP contribution in [0.3, 0.4) is 0 Å². The summed E-state index contributed by atoms with van der Waals surface area (Å²) in [6.45, 7) is 3.35. The largest absolute Gasteiger partial charge is 0.322 e. The van der Waals surface area contributed by atoms with Gasteiger partial charge in [0.1, 0.15) is 0 Å². The first kappa shape index (κ1) is 22.1. The Kier molecular flexibility index (Phi) is 6.24. The lowest BCUT2D eigenvalue weighted by Gasteiger charge is -2.10. The molecule has 0 aromatic heterocycles. The Labute approximate surface area is 182 Å². The van der Waals surface area contributed by atoms with Gasteiger partial charge in [-0.25, -0.2) is 0 Å². The summed E-state index contributed by atoms with van der Waals surface area (Å²) in [5.41, 5.74) is 2.01. The number of nitrogens with zero attached hydrogens (tertiary/aromatic N) is 2. The molecule has 2 N–H and O–H groups in total. The van der Waals surface area contributed by atoms with Crippen molar-refractivity contribution in [2.24, 2.45) is 0 Å². The monoisotopic (exact) mass is 434 g/mol. The first-order valence-corrected chi connectivity index (χ1v) is 9.38. The third-order valence-electron chi connectivity index (χ3n) is 4.75. The molecule has 0 atom stereocenters. The maximum atomic E-state index is 12.5. The van der Waals surface area contributed by atoms with Gasteiger partial charge in [-0.2, -0.15) is 0 Å². The minimum absolute atomic E-state index is 0.178. The van der Waals surface area contributed by atoms with E-state index in [1.54, 1.807) is 38.1 Å². The fourth-order valence-corrected chi connectivity index (χ4v) is 2.97. The molecule has 0 unspecified atom stereocenters. The van der Waals surface area contributed by atoms with Gasteiger partial charge in [-0.3, -0.25) is 29.8 Å². The van der Waals surface area contributed by atoms with Crippen LogP contribution in [0.25, 0.3) is 0 Å². The van der Waals surface area contributed by atoms with E-state index in [2.05, 4.69) is 10.6 Å². The van der Waals surface area contributed by atoms with Crippen LogP contribution in [0, 0.1) is 34.1 Å². The van der Waals surface area contributed by atoms with E-state index in [0.717, 1.165) is 0 Å². The van der Waals surface area contributed by atoms with Crippen LogP contribution in [-0.4, -0.2) is 21.7 Å². The fourth-order valence-electron chi connectivity index (χ4n) is 2.97. The Morgan fingerprint density at radius 1 is 0.656 bits per heavy atom. The van der Waals surface area contributed by atoms with Crippen LogP contribution in [-0.2, 0) is 0 Å². The number of nitrogens with one attached hydrogen (secondary N) is 2. The van der Waals surface area contributed by atoms with Crippen LogP contribution >= 0.6 is 0 Å². The molecule has 32 heavy (non-hydrogen) atoms. The Morgan fingerprint density at radius 3 is 1.31 bits per heavy atom. The highest BCUT2D eigenvalue weighted by Crippen LogP contribution is 2.22. The van der Waals surface area contributed by atoms with Crippen molar-refractivity contribution >= 4 is 34.6 Å². The average Bonchev–Trinajstić information content (AvgIpc) is 2.75. The molecule has 0 radical (unpaired) electrons. The molecule has 0 heterocycles. The zero-order valence-electron chi connectivity index (χ0n) is 17.1. The number of amides is 2. The second kappa shape index (κ2) is 9.04. The normalized spacial score (nSPS) is 10.3. The van der Waals surface area contributed by atoms with E-state index >= 15 is 0 Å². The summed E-state index contributed by atoms with van der Waals surface area (Å²) in [7, 11) is 0. The van der Waals surface area contributed by atoms with Crippen LogP contribution in [0.1, 0.15) is 31.8 Å². The van der Waals surface area contributed by atoms with Gasteiger partial charge in [0.15, 0.2) is 0 Å². The number of benzene rings is 3. The number of nitro benzene ring substituents is 2. The van der Waals surface area contributed by atoms with E-state index < -0.39 is 21.7 Å². The Balaban J connectivity index is 1.72. The molecule has 3 aromatic rings. The maximum absolute atomic E-state index is 12.5. The van der Waals surface area contributed by atoms with Crippen molar-refractivity contribution in [2.75, 3.05) is 10.6 Å². The molecule has 0 bridgehead atoms. The molecule has 0 aliphatic heterocycles. The SMILES string of the molecule is Cc1ccc([N+](=O)[O-])cc1C(=O)Nc1ccc(NC(=O)c2cc([N+](=O)[O-])ccc2C)cc1. The standard InChI is InChI=1S/C22H18N4O6/c1-13-3-9-17(25(29)30)11-19(13)21(27)23-15-5-7-16(8-6-15)24-22(28)20-12-18(26(31)32)10-4-14(20)2/h3-12H,1-2H3,(H,23,27)(H,24,28). The van der Waals surface area contributed by atoms with Crippen molar-refractivity contribution in [1.29, 1.82) is 0 Å². The number of carbonyl (C=O) groups is 2. The summed E-state index contributed by atoms with van der Waals surface area (Å²) in [5.74, 6) is -1.01. The maximum Gasteiger partial charge on any atom is 0.270 e. The van der Waals surface area contributed by atoms with E-state index in [-0.39, 0.29) is 22.5 Å². The molecule has 162 valence electrons. The third kappa shape index (κ3) is 4.93. The van der Waals surface area contributed by atoms with E-state index in [4.69, 9.17) is 0 Å². The lowest BCUT2D eigenvalue weighted by atomic mass is 10.1. The number of rotatable bonds is 6. The zero-order valence-corrected chi connectivity index (χ0v) is 17.1. The van der Waals surface area contributed by atoms with Gasteiger partial charge in [0.25, 0.3) is 23.2 Å². The number of nitro groups is 2. The summed E-state index contributed by atoms with van der Waals surface area (Å²) in [6, 6.07) is 14.3. The Morgan fingerprint density at radius 2 is 1.00 bits per heavy atom. The number of aryl methyl sites for hydroxylation is 2. The van der Waals surface area contributed by atoms with Gasteiger partial charge in [-0.15, -0.1) is 0 Å². The Hall–Kier alpha value is -4.60. The van der Waals surface area contributed by atoms with Gasteiger partial charge in [0.05, 0.1) is 9.85 Å². The summed E-state index contributed by atoms with van der Waals surface area (Å²) in [5, 5.41) is 27.2.